The zero-order valence-electron chi connectivity index (χ0n) is 80.3. The molecular formula is C130H98N10O4. The van der Waals surface area contributed by atoms with Gasteiger partial charge < -0.3 is 65.9 Å². The average Bonchev–Trinajstić information content (AvgIpc) is 1.53. The molecule has 1 aliphatic carbocycles. The van der Waals surface area contributed by atoms with Gasteiger partial charge in [0.2, 0.25) is 0 Å². The number of anilines is 12. The van der Waals surface area contributed by atoms with Crippen LogP contribution >= 0.6 is 0 Å². The number of aromatic nitrogens is 6. The third-order valence-corrected chi connectivity index (χ3v) is 30.5. The third kappa shape index (κ3) is 13.6. The summed E-state index contributed by atoms with van der Waals surface area (Å²) in [6.45, 7) is 4.98. The summed E-state index contributed by atoms with van der Waals surface area (Å²) in [5, 5.41) is 13.8. The Morgan fingerprint density at radius 3 is 0.514 bits per heavy atom. The zero-order chi connectivity index (χ0) is 96.1. The van der Waals surface area contributed by atoms with Gasteiger partial charge in [0.25, 0.3) is 0 Å². The lowest BCUT2D eigenvalue weighted by Gasteiger charge is -2.51. The second-order valence-electron chi connectivity index (χ2n) is 37.9. The quantitative estimate of drug-likeness (QED) is 0.0664. The molecule has 0 spiro atoms. The highest BCUT2D eigenvalue weighted by Crippen LogP contribution is 2.59. The topological polar surface area (TPSA) is 79.5 Å². The Morgan fingerprint density at radius 2 is 0.319 bits per heavy atom. The third-order valence-electron chi connectivity index (χ3n) is 30.5. The molecule has 6 aromatic heterocycles. The van der Waals surface area contributed by atoms with E-state index in [1.807, 2.05) is 0 Å². The van der Waals surface area contributed by atoms with Gasteiger partial charge in [-0.1, -0.05) is 159 Å². The minimum Gasteiger partial charge on any atom is -0.497 e. The molecule has 1 saturated carbocycles. The highest BCUT2D eigenvalue weighted by Gasteiger charge is 2.49. The van der Waals surface area contributed by atoms with Crippen molar-refractivity contribution in [1.29, 1.82) is 0 Å². The number of rotatable bonds is 22. The molecule has 6 heterocycles. The fourth-order valence-corrected chi connectivity index (χ4v) is 23.7. The van der Waals surface area contributed by atoms with Crippen LogP contribution in [-0.2, 0) is 0 Å². The predicted octanol–water partition coefficient (Wildman–Crippen LogP) is 34.3. The van der Waals surface area contributed by atoms with Crippen molar-refractivity contribution in [2.45, 2.75) is 25.9 Å². The van der Waals surface area contributed by atoms with Crippen LogP contribution in [0.5, 0.6) is 23.0 Å². The van der Waals surface area contributed by atoms with Gasteiger partial charge in [0, 0.05) is 178 Å². The zero-order valence-corrected chi connectivity index (χ0v) is 80.3. The summed E-state index contributed by atoms with van der Waals surface area (Å²) in [5.41, 5.74) is 30.0. The van der Waals surface area contributed by atoms with Crippen molar-refractivity contribution in [2.24, 2.45) is 11.8 Å². The Morgan fingerprint density at radius 1 is 0.160 bits per heavy atom. The van der Waals surface area contributed by atoms with Gasteiger partial charge >= 0.3 is 0 Å². The molecule has 14 nitrogen and oxygen atoms in total. The minimum atomic E-state index is -0.0972. The molecule has 692 valence electrons. The number of hydrogen-bond acceptors (Lipinski definition) is 8. The Bertz CT molecular complexity index is 8440. The van der Waals surface area contributed by atoms with Gasteiger partial charge in [-0.15, -0.1) is 0 Å². The van der Waals surface area contributed by atoms with Crippen LogP contribution in [0.4, 0.5) is 68.2 Å². The first-order valence-corrected chi connectivity index (χ1v) is 49.4. The van der Waals surface area contributed by atoms with Gasteiger partial charge in [0.1, 0.15) is 23.0 Å². The van der Waals surface area contributed by atoms with E-state index < -0.39 is 0 Å². The molecule has 27 rings (SSSR count). The van der Waals surface area contributed by atoms with Crippen molar-refractivity contribution in [3.8, 4) is 45.7 Å². The summed E-state index contributed by atoms with van der Waals surface area (Å²) in [7, 11) is 6.95. The number of methoxy groups -OCH3 is 4. The SMILES string of the molecule is COc1ccc(N(c2ccc3c(c2)c2ccccc2n3-c2ccccc2)c2ccc3c(c2)c2cc(N(c4ccc(OC)cc4)c4ccc5c(c4)c4ccccc4n5-c4ccccc4)ccc2n3C2C(C)C(C)C2n2c3ccc(N(c4ccc(OC)cc4)c4ccc5c(c4)c4ccccc4n5-c4ccccc4)cc3c3cc(N(c4ccc(OC)cc4)c4ccc5c(c4)c4ccccc4n5-c4ccccc4)ccc32)cc1. The monoisotopic (exact) mass is 1860 g/mol. The van der Waals surface area contributed by atoms with Crippen LogP contribution in [-0.4, -0.2) is 55.8 Å². The molecule has 4 unspecified atom stereocenters. The van der Waals surface area contributed by atoms with Crippen molar-refractivity contribution in [2.75, 3.05) is 48.0 Å². The Kier molecular flexibility index (Phi) is 20.2. The molecule has 0 radical (unpaired) electrons. The summed E-state index contributed by atoms with van der Waals surface area (Å²) in [6.07, 6.45) is 0. The maximum Gasteiger partial charge on any atom is 0.119 e. The lowest BCUT2D eigenvalue weighted by Crippen LogP contribution is -2.46. The van der Waals surface area contributed by atoms with Crippen LogP contribution in [0.2, 0.25) is 0 Å². The summed E-state index contributed by atoms with van der Waals surface area (Å²) in [6, 6.07) is 169. The number of nitrogens with zero attached hydrogens (tertiary/aromatic N) is 10. The Labute approximate surface area is 832 Å². The summed E-state index contributed by atoms with van der Waals surface area (Å²) in [4.78, 5) is 9.72. The van der Waals surface area contributed by atoms with Crippen molar-refractivity contribution < 1.29 is 18.9 Å². The number of fused-ring (bicyclic) bond motifs is 18. The first-order valence-electron chi connectivity index (χ1n) is 49.4. The number of ether oxygens (including phenoxy) is 4. The van der Waals surface area contributed by atoms with Gasteiger partial charge in [-0.2, -0.15) is 0 Å². The van der Waals surface area contributed by atoms with Crippen LogP contribution in [0.15, 0.2) is 461 Å². The van der Waals surface area contributed by atoms with E-state index in [4.69, 9.17) is 18.9 Å². The van der Waals surface area contributed by atoms with Crippen LogP contribution in [0, 0.1) is 11.8 Å². The van der Waals surface area contributed by atoms with Crippen molar-refractivity contribution in [3.05, 3.63) is 461 Å². The number of benzene rings is 20. The molecule has 0 saturated heterocycles. The van der Waals surface area contributed by atoms with E-state index in [9.17, 15) is 0 Å². The van der Waals surface area contributed by atoms with Crippen molar-refractivity contribution in [3.63, 3.8) is 0 Å². The van der Waals surface area contributed by atoms with Crippen LogP contribution in [0.1, 0.15) is 25.9 Å². The number of para-hydroxylation sites is 8. The van der Waals surface area contributed by atoms with E-state index in [1.165, 1.54) is 21.5 Å². The largest absolute Gasteiger partial charge is 0.497 e. The average molecular weight is 1860 g/mol. The first kappa shape index (κ1) is 84.8. The molecule has 0 bridgehead atoms. The summed E-state index contributed by atoms with van der Waals surface area (Å²) in [5.74, 6) is 3.44. The predicted molar refractivity (Wildman–Crippen MR) is 598 cm³/mol. The lowest BCUT2D eigenvalue weighted by molar-refractivity contribution is 0.0338. The Balaban J connectivity index is 0.692. The second kappa shape index (κ2) is 34.3. The summed E-state index contributed by atoms with van der Waals surface area (Å²) < 4.78 is 38.9. The van der Waals surface area contributed by atoms with E-state index in [0.29, 0.717) is 0 Å². The Hall–Kier alpha value is -18.4. The molecule has 0 N–H and O–H groups in total. The van der Waals surface area contributed by atoms with Crippen molar-refractivity contribution in [1.82, 2.24) is 27.4 Å². The maximum absolute atomic E-state index is 5.95. The summed E-state index contributed by atoms with van der Waals surface area (Å²) >= 11 is 0. The lowest BCUT2D eigenvalue weighted by atomic mass is 9.66. The number of hydrogen-bond donors (Lipinski definition) is 0. The van der Waals surface area contributed by atoms with Gasteiger partial charge in [-0.25, -0.2) is 0 Å². The molecule has 0 amide bonds. The molecule has 1 fully saturated rings. The molecule has 14 heteroatoms. The van der Waals surface area contributed by atoms with Gasteiger partial charge in [0.05, 0.1) is 84.7 Å². The fraction of sp³-hybridized carbons (Fsp3) is 0.0769. The van der Waals surface area contributed by atoms with E-state index in [1.54, 1.807) is 28.4 Å². The van der Waals surface area contributed by atoms with Gasteiger partial charge in [-0.3, -0.25) is 0 Å². The van der Waals surface area contributed by atoms with E-state index >= 15 is 0 Å². The highest BCUT2D eigenvalue weighted by atomic mass is 16.5. The van der Waals surface area contributed by atoms with Gasteiger partial charge in [0.15, 0.2) is 0 Å². The second-order valence-corrected chi connectivity index (χ2v) is 37.9. The highest BCUT2D eigenvalue weighted by molar-refractivity contribution is 6.18. The molecule has 1 aliphatic rings. The standard InChI is InChI=1S/C130H98N10O4/c1-83-84(2)130(140-127-73-57-99(133(91-47-63-103(143-5)64-48-91)95-53-69-123-111(77-95)107-37-21-25-41-119(107)137(123)87-31-15-9-16-32-87)81-115(127)116-82-100(58-74-128(116)140)134(92-49-65-104(144-6)66-50-92)96-54-70-124-112(78-96)108-38-22-26-42-120(108)138(124)88-33-17-10-18-34-88)129(83)139-125-71-55-97(131(89-43-59-101(141-3)60-44-89)93-51-67-121-109(75-93)105-35-19-23-39-117(105)135(121)85-27-11-7-12-28-85)79-113(125)114-80-98(56-72-126(114)139)132(90-45-61-102(142-4)62-46-90)94-52-68-122-110(76-94)106-36-20-24-40-118(106)136(122)86-29-13-8-14-30-86/h7-84,129-130H,1-6H3. The smallest absolute Gasteiger partial charge is 0.119 e. The molecule has 0 aliphatic heterocycles. The minimum absolute atomic E-state index is 0.0972. The van der Waals surface area contributed by atoms with E-state index in [0.717, 1.165) is 223 Å². The maximum atomic E-state index is 5.95. The molecular weight excluding hydrogens is 1770 g/mol. The van der Waals surface area contributed by atoms with Crippen LogP contribution < -0.4 is 38.5 Å². The molecule has 26 aromatic rings. The van der Waals surface area contributed by atoms with Gasteiger partial charge in [-0.05, 0) is 327 Å². The fourth-order valence-electron chi connectivity index (χ4n) is 23.7. The van der Waals surface area contributed by atoms with E-state index in [2.05, 4.69) is 522 Å². The van der Waals surface area contributed by atoms with Crippen molar-refractivity contribution >= 4 is 199 Å². The normalized spacial score (nSPS) is 14.3. The van der Waals surface area contributed by atoms with Crippen LogP contribution in [0.25, 0.3) is 154 Å². The first-order chi connectivity index (χ1) is 71.1. The van der Waals surface area contributed by atoms with Crippen LogP contribution in [0.3, 0.4) is 0 Å². The molecule has 144 heavy (non-hydrogen) atoms. The molecule has 4 atom stereocenters. The van der Waals surface area contributed by atoms with E-state index in [-0.39, 0.29) is 23.9 Å². The molecule has 20 aromatic carbocycles.